The summed E-state index contributed by atoms with van der Waals surface area (Å²) >= 11 is 7.09. The van der Waals surface area contributed by atoms with Gasteiger partial charge in [0.1, 0.15) is 11.0 Å². The van der Waals surface area contributed by atoms with Crippen molar-refractivity contribution < 1.29 is 13.2 Å². The fraction of sp³-hybridized carbons (Fsp3) is 0.273. The minimum atomic E-state index is -4.62. The van der Waals surface area contributed by atoms with Gasteiger partial charge in [-0.25, -0.2) is 9.97 Å². The Bertz CT molecular complexity index is 557. The zero-order valence-corrected chi connectivity index (χ0v) is 11.3. The normalized spacial score (nSPS) is 13.3. The molecular formula is C11H9ClF3N3S. The lowest BCUT2D eigenvalue weighted by Crippen LogP contribution is -2.14. The van der Waals surface area contributed by atoms with Crippen molar-refractivity contribution >= 4 is 28.8 Å². The number of aromatic nitrogens is 2. The average Bonchev–Trinajstić information content (AvgIpc) is 2.80. The Balaban J connectivity index is 2.23. The molecule has 19 heavy (non-hydrogen) atoms. The highest BCUT2D eigenvalue weighted by Crippen LogP contribution is 2.29. The Labute approximate surface area is 116 Å². The molecule has 0 saturated carbocycles. The molecule has 2 rings (SSSR count). The zero-order chi connectivity index (χ0) is 14.0. The summed E-state index contributed by atoms with van der Waals surface area (Å²) in [6, 6.07) is 2.98. The van der Waals surface area contributed by atoms with Crippen LogP contribution < -0.4 is 5.32 Å². The Morgan fingerprint density at radius 1 is 1.37 bits per heavy atom. The fourth-order valence-corrected chi connectivity index (χ4v) is 2.38. The van der Waals surface area contributed by atoms with Gasteiger partial charge in [-0.2, -0.15) is 24.5 Å². The molecule has 0 spiro atoms. The van der Waals surface area contributed by atoms with Gasteiger partial charge >= 0.3 is 6.18 Å². The monoisotopic (exact) mass is 307 g/mol. The van der Waals surface area contributed by atoms with Crippen LogP contribution in [0.15, 0.2) is 22.9 Å². The van der Waals surface area contributed by atoms with Gasteiger partial charge < -0.3 is 5.32 Å². The van der Waals surface area contributed by atoms with Gasteiger partial charge in [0.25, 0.3) is 0 Å². The first-order valence-corrected chi connectivity index (χ1v) is 6.59. The predicted molar refractivity (Wildman–Crippen MR) is 68.4 cm³/mol. The number of rotatable bonds is 3. The molecule has 1 atom stereocenters. The zero-order valence-electron chi connectivity index (χ0n) is 9.70. The number of thiophene rings is 1. The highest BCUT2D eigenvalue weighted by atomic mass is 35.5. The van der Waals surface area contributed by atoms with Crippen LogP contribution in [0.3, 0.4) is 0 Å². The van der Waals surface area contributed by atoms with Crippen molar-refractivity contribution in [3.63, 3.8) is 0 Å². The van der Waals surface area contributed by atoms with Gasteiger partial charge in [-0.3, -0.25) is 0 Å². The van der Waals surface area contributed by atoms with Crippen LogP contribution in [0.2, 0.25) is 5.15 Å². The first-order chi connectivity index (χ1) is 8.86. The maximum atomic E-state index is 12.5. The highest BCUT2D eigenvalue weighted by molar-refractivity contribution is 7.07. The first-order valence-electron chi connectivity index (χ1n) is 5.26. The lowest BCUT2D eigenvalue weighted by atomic mass is 10.2. The van der Waals surface area contributed by atoms with Crippen LogP contribution in [-0.2, 0) is 6.18 Å². The van der Waals surface area contributed by atoms with Crippen LogP contribution in [0.1, 0.15) is 24.4 Å². The van der Waals surface area contributed by atoms with Crippen LogP contribution >= 0.6 is 22.9 Å². The van der Waals surface area contributed by atoms with E-state index in [0.29, 0.717) is 0 Å². The number of nitrogens with one attached hydrogen (secondary N) is 1. The van der Waals surface area contributed by atoms with Gasteiger partial charge in [0.05, 0.1) is 6.04 Å². The predicted octanol–water partition coefficient (Wildman–Crippen LogP) is 4.38. The Morgan fingerprint density at radius 2 is 2.11 bits per heavy atom. The Hall–Kier alpha value is -1.34. The van der Waals surface area contributed by atoms with Gasteiger partial charge in [0.2, 0.25) is 5.82 Å². The molecule has 2 aromatic rings. The summed E-state index contributed by atoms with van der Waals surface area (Å²) in [5.74, 6) is -1.20. The number of alkyl halides is 3. The van der Waals surface area contributed by atoms with Gasteiger partial charge in [-0.05, 0) is 29.3 Å². The fourth-order valence-electron chi connectivity index (χ4n) is 1.44. The summed E-state index contributed by atoms with van der Waals surface area (Å²) < 4.78 is 37.6. The van der Waals surface area contributed by atoms with Gasteiger partial charge in [-0.1, -0.05) is 11.6 Å². The molecule has 102 valence electrons. The molecule has 8 heteroatoms. The van der Waals surface area contributed by atoms with E-state index in [2.05, 4.69) is 15.3 Å². The standard InChI is InChI=1S/C11H9ClF3N3S/c1-6(7-2-3-19-5-7)16-9-4-8(12)17-10(18-9)11(13,14)15/h2-6H,1H3,(H,16,17,18). The molecule has 1 unspecified atom stereocenters. The van der Waals surface area contributed by atoms with Crippen molar-refractivity contribution in [2.24, 2.45) is 0 Å². The molecule has 0 fully saturated rings. The molecule has 2 aromatic heterocycles. The average molecular weight is 308 g/mol. The molecule has 3 nitrogen and oxygen atoms in total. The van der Waals surface area contributed by atoms with Crippen molar-refractivity contribution in [3.8, 4) is 0 Å². The number of hydrogen-bond acceptors (Lipinski definition) is 4. The van der Waals surface area contributed by atoms with E-state index in [9.17, 15) is 13.2 Å². The minimum absolute atomic E-state index is 0.0472. The molecular weight excluding hydrogens is 299 g/mol. The van der Waals surface area contributed by atoms with Gasteiger partial charge in [-0.15, -0.1) is 0 Å². The molecule has 0 saturated heterocycles. The summed E-state index contributed by atoms with van der Waals surface area (Å²) in [7, 11) is 0. The summed E-state index contributed by atoms with van der Waals surface area (Å²) in [5.41, 5.74) is 0.966. The largest absolute Gasteiger partial charge is 0.451 e. The van der Waals surface area contributed by atoms with Crippen LogP contribution in [0, 0.1) is 0 Å². The van der Waals surface area contributed by atoms with E-state index in [1.165, 1.54) is 17.4 Å². The van der Waals surface area contributed by atoms with Gasteiger partial charge in [0.15, 0.2) is 0 Å². The quantitative estimate of drug-likeness (QED) is 0.855. The molecule has 1 N–H and O–H groups in total. The van der Waals surface area contributed by atoms with E-state index >= 15 is 0 Å². The van der Waals surface area contributed by atoms with E-state index < -0.39 is 12.0 Å². The first kappa shape index (κ1) is 14.1. The van der Waals surface area contributed by atoms with E-state index in [0.717, 1.165) is 5.56 Å². The second-order valence-electron chi connectivity index (χ2n) is 3.82. The summed E-state index contributed by atoms with van der Waals surface area (Å²) in [4.78, 5) is 6.59. The van der Waals surface area contributed by atoms with Crippen LogP contribution in [0.5, 0.6) is 0 Å². The van der Waals surface area contributed by atoms with Crippen molar-refractivity contribution in [3.05, 3.63) is 39.4 Å². The molecule has 0 amide bonds. The Morgan fingerprint density at radius 3 is 2.68 bits per heavy atom. The van der Waals surface area contributed by atoms with Crippen molar-refractivity contribution in [2.75, 3.05) is 5.32 Å². The maximum Gasteiger partial charge on any atom is 0.451 e. The van der Waals surface area contributed by atoms with E-state index in [-0.39, 0.29) is 17.0 Å². The topological polar surface area (TPSA) is 37.8 Å². The third kappa shape index (κ3) is 3.57. The van der Waals surface area contributed by atoms with Crippen LogP contribution in [0.25, 0.3) is 0 Å². The molecule has 2 heterocycles. The van der Waals surface area contributed by atoms with Crippen LogP contribution in [-0.4, -0.2) is 9.97 Å². The number of halogens is 4. The van der Waals surface area contributed by atoms with E-state index in [4.69, 9.17) is 11.6 Å². The second-order valence-corrected chi connectivity index (χ2v) is 4.99. The van der Waals surface area contributed by atoms with E-state index in [1.54, 1.807) is 0 Å². The smallest absolute Gasteiger partial charge is 0.363 e. The maximum absolute atomic E-state index is 12.5. The lowest BCUT2D eigenvalue weighted by molar-refractivity contribution is -0.144. The second kappa shape index (κ2) is 5.34. The third-order valence-corrected chi connectivity index (χ3v) is 3.25. The summed E-state index contributed by atoms with van der Waals surface area (Å²) in [6.45, 7) is 1.82. The number of hydrogen-bond donors (Lipinski definition) is 1. The van der Waals surface area contributed by atoms with Crippen molar-refractivity contribution in [1.82, 2.24) is 9.97 Å². The third-order valence-electron chi connectivity index (χ3n) is 2.36. The highest BCUT2D eigenvalue weighted by Gasteiger charge is 2.35. The lowest BCUT2D eigenvalue weighted by Gasteiger charge is -2.14. The minimum Gasteiger partial charge on any atom is -0.363 e. The summed E-state index contributed by atoms with van der Waals surface area (Å²) in [6.07, 6.45) is -4.62. The molecule has 0 radical (unpaired) electrons. The molecule has 0 aromatic carbocycles. The van der Waals surface area contributed by atoms with Crippen molar-refractivity contribution in [1.29, 1.82) is 0 Å². The molecule has 0 bridgehead atoms. The Kier molecular flexibility index (Phi) is 3.96. The summed E-state index contributed by atoms with van der Waals surface area (Å²) in [5, 5.41) is 6.42. The van der Waals surface area contributed by atoms with E-state index in [1.807, 2.05) is 23.8 Å². The van der Waals surface area contributed by atoms with Gasteiger partial charge in [0, 0.05) is 6.07 Å². The number of anilines is 1. The SMILES string of the molecule is CC(Nc1cc(Cl)nc(C(F)(F)F)n1)c1ccsc1. The van der Waals surface area contributed by atoms with Crippen LogP contribution in [0.4, 0.5) is 19.0 Å². The molecule has 0 aliphatic carbocycles. The number of nitrogens with zero attached hydrogens (tertiary/aromatic N) is 2. The van der Waals surface area contributed by atoms with Crippen molar-refractivity contribution in [2.45, 2.75) is 19.1 Å². The molecule has 0 aliphatic rings. The molecule has 0 aliphatic heterocycles.